The fraction of sp³-hybridized carbons (Fsp3) is 0.417. The van der Waals surface area contributed by atoms with E-state index in [4.69, 9.17) is 11.6 Å². The zero-order valence-corrected chi connectivity index (χ0v) is 12.0. The van der Waals surface area contributed by atoms with Crippen molar-refractivity contribution in [1.29, 1.82) is 0 Å². The third kappa shape index (κ3) is 3.27. The van der Waals surface area contributed by atoms with Crippen molar-refractivity contribution in [2.75, 3.05) is 26.7 Å². The third-order valence-corrected chi connectivity index (χ3v) is 3.44. The maximum absolute atomic E-state index is 12.4. The van der Waals surface area contributed by atoms with Crippen LogP contribution in [0, 0.1) is 10.1 Å². The number of nitrogens with zero attached hydrogens (tertiary/aromatic N) is 4. The smallest absolute Gasteiger partial charge is 0.300 e. The standard InChI is InChI=1S/C12H13ClN4O4/c1-15-3-2-4-16(7-11(15)18)12(19)8-5-10(13)14-6-9(8)17(20)21/h5-6H,2-4,7H2,1H3. The number of carbonyl (C=O) groups is 2. The van der Waals surface area contributed by atoms with E-state index in [-0.39, 0.29) is 23.2 Å². The molecule has 1 aromatic heterocycles. The van der Waals surface area contributed by atoms with Crippen LogP contribution in [0.15, 0.2) is 12.3 Å². The van der Waals surface area contributed by atoms with E-state index >= 15 is 0 Å². The number of nitro groups is 1. The lowest BCUT2D eigenvalue weighted by atomic mass is 10.2. The molecule has 0 aliphatic carbocycles. The molecule has 2 amide bonds. The molecule has 9 heteroatoms. The fourth-order valence-electron chi connectivity index (χ4n) is 2.07. The van der Waals surface area contributed by atoms with E-state index in [2.05, 4.69) is 4.98 Å². The predicted molar refractivity (Wildman–Crippen MR) is 74.1 cm³/mol. The number of pyridine rings is 1. The quantitative estimate of drug-likeness (QED) is 0.460. The molecule has 112 valence electrons. The number of likely N-dealkylation sites (N-methyl/N-ethyl adjacent to an activating group) is 1. The molecule has 1 aromatic rings. The largest absolute Gasteiger partial charge is 0.344 e. The summed E-state index contributed by atoms with van der Waals surface area (Å²) in [5.74, 6) is -0.793. The summed E-state index contributed by atoms with van der Waals surface area (Å²) in [4.78, 5) is 41.0. The van der Waals surface area contributed by atoms with Crippen LogP contribution in [-0.4, -0.2) is 58.2 Å². The van der Waals surface area contributed by atoms with Gasteiger partial charge in [-0.05, 0) is 12.5 Å². The lowest BCUT2D eigenvalue weighted by molar-refractivity contribution is -0.385. The third-order valence-electron chi connectivity index (χ3n) is 3.24. The summed E-state index contributed by atoms with van der Waals surface area (Å²) in [6.07, 6.45) is 1.56. The van der Waals surface area contributed by atoms with Crippen LogP contribution >= 0.6 is 11.6 Å². The highest BCUT2D eigenvalue weighted by Crippen LogP contribution is 2.22. The van der Waals surface area contributed by atoms with Gasteiger partial charge in [0.25, 0.3) is 11.6 Å². The van der Waals surface area contributed by atoms with Gasteiger partial charge in [0.05, 0.1) is 4.92 Å². The lowest BCUT2D eigenvalue weighted by Crippen LogP contribution is -2.38. The second-order valence-corrected chi connectivity index (χ2v) is 5.06. The Morgan fingerprint density at radius 1 is 1.48 bits per heavy atom. The number of aromatic nitrogens is 1. The number of hydrogen-bond donors (Lipinski definition) is 0. The maximum atomic E-state index is 12.4. The highest BCUT2D eigenvalue weighted by Gasteiger charge is 2.29. The van der Waals surface area contributed by atoms with Gasteiger partial charge < -0.3 is 9.80 Å². The minimum absolute atomic E-state index is 0.0118. The van der Waals surface area contributed by atoms with Crippen molar-refractivity contribution < 1.29 is 14.5 Å². The van der Waals surface area contributed by atoms with Crippen LogP contribution in [0.1, 0.15) is 16.8 Å². The van der Waals surface area contributed by atoms with Gasteiger partial charge in [-0.25, -0.2) is 4.98 Å². The average molecular weight is 313 g/mol. The second kappa shape index (κ2) is 6.04. The first-order valence-corrected chi connectivity index (χ1v) is 6.61. The van der Waals surface area contributed by atoms with E-state index in [9.17, 15) is 19.7 Å². The van der Waals surface area contributed by atoms with Crippen LogP contribution < -0.4 is 0 Å². The molecule has 0 N–H and O–H groups in total. The Balaban J connectivity index is 2.33. The Morgan fingerprint density at radius 3 is 2.86 bits per heavy atom. The molecule has 2 rings (SSSR count). The van der Waals surface area contributed by atoms with E-state index in [1.165, 1.54) is 9.80 Å². The SMILES string of the molecule is CN1CCCN(C(=O)c2cc(Cl)ncc2[N+](=O)[O-])CC1=O. The fourth-order valence-corrected chi connectivity index (χ4v) is 2.23. The number of hydrogen-bond acceptors (Lipinski definition) is 5. The Morgan fingerprint density at radius 2 is 2.19 bits per heavy atom. The van der Waals surface area contributed by atoms with Crippen molar-refractivity contribution in [2.45, 2.75) is 6.42 Å². The van der Waals surface area contributed by atoms with Gasteiger partial charge in [-0.2, -0.15) is 0 Å². The summed E-state index contributed by atoms with van der Waals surface area (Å²) in [5, 5.41) is 11.0. The Bertz CT molecular complexity index is 607. The van der Waals surface area contributed by atoms with Crippen LogP contribution in [0.4, 0.5) is 5.69 Å². The minimum Gasteiger partial charge on any atom is -0.344 e. The molecule has 1 aliphatic heterocycles. The molecule has 0 bridgehead atoms. The van der Waals surface area contributed by atoms with Crippen molar-refractivity contribution >= 4 is 29.1 Å². The summed E-state index contributed by atoms with van der Waals surface area (Å²) in [6.45, 7) is 0.792. The van der Waals surface area contributed by atoms with Gasteiger partial charge in [0.2, 0.25) is 5.91 Å². The van der Waals surface area contributed by atoms with Crippen LogP contribution in [0.2, 0.25) is 5.15 Å². The molecular formula is C12H13ClN4O4. The molecule has 0 atom stereocenters. The van der Waals surface area contributed by atoms with E-state index in [0.717, 1.165) is 12.3 Å². The molecule has 2 heterocycles. The Hall–Kier alpha value is -2.22. The summed E-state index contributed by atoms with van der Waals surface area (Å²) < 4.78 is 0. The van der Waals surface area contributed by atoms with Gasteiger partial charge in [0.15, 0.2) is 0 Å². The van der Waals surface area contributed by atoms with E-state index in [0.29, 0.717) is 19.5 Å². The normalized spacial score (nSPS) is 15.8. The lowest BCUT2D eigenvalue weighted by Gasteiger charge is -2.19. The molecular weight excluding hydrogens is 300 g/mol. The molecule has 0 radical (unpaired) electrons. The Labute approximate surface area is 125 Å². The van der Waals surface area contributed by atoms with E-state index < -0.39 is 16.5 Å². The van der Waals surface area contributed by atoms with Crippen LogP contribution in [0.3, 0.4) is 0 Å². The monoisotopic (exact) mass is 312 g/mol. The first-order chi connectivity index (χ1) is 9.90. The number of carbonyl (C=O) groups excluding carboxylic acids is 2. The molecule has 0 aromatic carbocycles. The van der Waals surface area contributed by atoms with Gasteiger partial charge in [0, 0.05) is 20.1 Å². The topological polar surface area (TPSA) is 96.7 Å². The summed E-state index contributed by atoms with van der Waals surface area (Å²) in [6, 6.07) is 1.15. The first kappa shape index (κ1) is 15.2. The van der Waals surface area contributed by atoms with Gasteiger partial charge in [-0.3, -0.25) is 19.7 Å². The second-order valence-electron chi connectivity index (χ2n) is 4.68. The molecule has 8 nitrogen and oxygen atoms in total. The van der Waals surface area contributed by atoms with Gasteiger partial charge in [-0.1, -0.05) is 11.6 Å². The summed E-state index contributed by atoms with van der Waals surface area (Å²) >= 11 is 5.71. The highest BCUT2D eigenvalue weighted by molar-refractivity contribution is 6.29. The van der Waals surface area contributed by atoms with Gasteiger partial charge in [-0.15, -0.1) is 0 Å². The molecule has 1 saturated heterocycles. The molecule has 1 fully saturated rings. The van der Waals surface area contributed by atoms with Crippen molar-refractivity contribution in [3.63, 3.8) is 0 Å². The zero-order valence-electron chi connectivity index (χ0n) is 11.3. The highest BCUT2D eigenvalue weighted by atomic mass is 35.5. The van der Waals surface area contributed by atoms with E-state index in [1.54, 1.807) is 7.05 Å². The average Bonchev–Trinajstić information content (AvgIpc) is 2.60. The van der Waals surface area contributed by atoms with Crippen LogP contribution in [-0.2, 0) is 4.79 Å². The van der Waals surface area contributed by atoms with Crippen molar-refractivity contribution in [1.82, 2.24) is 14.8 Å². The minimum atomic E-state index is -0.692. The summed E-state index contributed by atoms with van der Waals surface area (Å²) in [5.41, 5.74) is -0.577. The number of halogens is 1. The molecule has 21 heavy (non-hydrogen) atoms. The van der Waals surface area contributed by atoms with Gasteiger partial charge in [0.1, 0.15) is 23.5 Å². The number of amides is 2. The van der Waals surface area contributed by atoms with Crippen LogP contribution in [0.25, 0.3) is 0 Å². The van der Waals surface area contributed by atoms with Crippen molar-refractivity contribution in [2.24, 2.45) is 0 Å². The first-order valence-electron chi connectivity index (χ1n) is 6.23. The number of rotatable bonds is 2. The predicted octanol–water partition coefficient (Wildman–Crippen LogP) is 0.948. The van der Waals surface area contributed by atoms with Gasteiger partial charge >= 0.3 is 0 Å². The zero-order chi connectivity index (χ0) is 15.6. The van der Waals surface area contributed by atoms with Crippen LogP contribution in [0.5, 0.6) is 0 Å². The maximum Gasteiger partial charge on any atom is 0.300 e. The molecule has 0 spiro atoms. The molecule has 0 saturated carbocycles. The Kier molecular flexibility index (Phi) is 4.37. The molecule has 1 aliphatic rings. The molecule has 0 unspecified atom stereocenters. The van der Waals surface area contributed by atoms with Crippen molar-refractivity contribution in [3.05, 3.63) is 33.1 Å². The summed E-state index contributed by atoms with van der Waals surface area (Å²) in [7, 11) is 1.65. The van der Waals surface area contributed by atoms with E-state index in [1.807, 2.05) is 0 Å². The van der Waals surface area contributed by atoms with Crippen molar-refractivity contribution in [3.8, 4) is 0 Å².